The predicted molar refractivity (Wildman–Crippen MR) is 116 cm³/mol. The van der Waals surface area contributed by atoms with Gasteiger partial charge in [0.05, 0.1) is 35.8 Å². The molecule has 1 saturated carbocycles. The zero-order chi connectivity index (χ0) is 21.6. The molecule has 2 aromatic rings. The number of nitrogens with one attached hydrogen (secondary N) is 2. The molecule has 1 saturated heterocycles. The minimum Gasteiger partial charge on any atom is -0.469 e. The van der Waals surface area contributed by atoms with Gasteiger partial charge < -0.3 is 19.8 Å². The number of aromatic nitrogens is 1. The summed E-state index contributed by atoms with van der Waals surface area (Å²) in [6.45, 7) is 2.03. The number of esters is 1. The molecule has 2 aliphatic heterocycles. The van der Waals surface area contributed by atoms with Crippen LogP contribution >= 0.6 is 11.6 Å². The third kappa shape index (κ3) is 3.65. The molecule has 5 rings (SSSR count). The first-order chi connectivity index (χ1) is 15.0. The molecule has 2 fully saturated rings. The largest absolute Gasteiger partial charge is 0.469 e. The number of methoxy groups -OCH3 is 1. The molecule has 8 nitrogen and oxygen atoms in total. The van der Waals surface area contributed by atoms with Crippen molar-refractivity contribution in [3.63, 3.8) is 0 Å². The summed E-state index contributed by atoms with van der Waals surface area (Å²) in [7, 11) is 1.43. The van der Waals surface area contributed by atoms with Gasteiger partial charge in [0.15, 0.2) is 5.58 Å². The molecule has 166 valence electrons. The molecule has 1 unspecified atom stereocenters. The van der Waals surface area contributed by atoms with Crippen LogP contribution in [0.4, 0.5) is 10.5 Å². The van der Waals surface area contributed by atoms with Crippen molar-refractivity contribution in [3.05, 3.63) is 22.5 Å². The van der Waals surface area contributed by atoms with Crippen molar-refractivity contribution in [2.24, 2.45) is 5.92 Å². The molecular formula is C22H27ClN4O4. The molecule has 1 atom stereocenters. The number of nitrogens with zero attached hydrogens (tertiary/aromatic N) is 2. The fourth-order valence-corrected chi connectivity index (χ4v) is 5.68. The number of piperidine rings is 1. The fraction of sp³-hybridized carbons (Fsp3) is 0.591. The maximum absolute atomic E-state index is 12.4. The van der Waals surface area contributed by atoms with Gasteiger partial charge in [-0.3, -0.25) is 9.69 Å². The highest BCUT2D eigenvalue weighted by molar-refractivity contribution is 6.35. The van der Waals surface area contributed by atoms with E-state index in [-0.39, 0.29) is 17.9 Å². The predicted octanol–water partition coefficient (Wildman–Crippen LogP) is 4.16. The molecule has 9 heteroatoms. The molecule has 1 spiro atoms. The molecular weight excluding hydrogens is 420 g/mol. The van der Waals surface area contributed by atoms with Crippen molar-refractivity contribution in [1.82, 2.24) is 15.2 Å². The third-order valence-corrected chi connectivity index (χ3v) is 7.15. The Morgan fingerprint density at radius 3 is 2.94 bits per heavy atom. The number of rotatable bonds is 3. The summed E-state index contributed by atoms with van der Waals surface area (Å²) in [6.07, 6.45) is 6.71. The van der Waals surface area contributed by atoms with Gasteiger partial charge >= 0.3 is 12.0 Å². The Balaban J connectivity index is 1.50. The Morgan fingerprint density at radius 2 is 2.16 bits per heavy atom. The molecule has 2 amide bonds. The van der Waals surface area contributed by atoms with Crippen molar-refractivity contribution in [1.29, 1.82) is 0 Å². The van der Waals surface area contributed by atoms with E-state index in [0.717, 1.165) is 57.1 Å². The Bertz CT molecular complexity index is 1030. The van der Waals surface area contributed by atoms with Gasteiger partial charge in [-0.05, 0) is 38.3 Å². The number of carbonyl (C=O) groups excluding carboxylic acids is 2. The van der Waals surface area contributed by atoms with E-state index < -0.39 is 5.54 Å². The van der Waals surface area contributed by atoms with Crippen molar-refractivity contribution in [2.45, 2.75) is 57.0 Å². The number of carbonyl (C=O) groups is 2. The number of ether oxygens (including phenoxy) is 1. The SMILES string of the molecule is COC(=O)C1CCCN(Cc2nc3cc(Cl)c4c(c3o2)C2(CCCCC2)NC(=O)N4)C1. The van der Waals surface area contributed by atoms with Crippen LogP contribution in [0.25, 0.3) is 11.1 Å². The smallest absolute Gasteiger partial charge is 0.319 e. The topological polar surface area (TPSA) is 96.7 Å². The van der Waals surface area contributed by atoms with Gasteiger partial charge in [0, 0.05) is 12.1 Å². The van der Waals surface area contributed by atoms with E-state index in [1.807, 2.05) is 0 Å². The lowest BCUT2D eigenvalue weighted by molar-refractivity contribution is -0.147. The van der Waals surface area contributed by atoms with E-state index >= 15 is 0 Å². The average molecular weight is 447 g/mol. The van der Waals surface area contributed by atoms with Crippen LogP contribution in [0.2, 0.25) is 5.02 Å². The van der Waals surface area contributed by atoms with Crippen LogP contribution in [-0.2, 0) is 21.6 Å². The quantitative estimate of drug-likeness (QED) is 0.687. The van der Waals surface area contributed by atoms with Crippen LogP contribution in [-0.4, -0.2) is 42.1 Å². The van der Waals surface area contributed by atoms with Crippen LogP contribution in [0.3, 0.4) is 0 Å². The fourth-order valence-electron chi connectivity index (χ4n) is 5.43. The van der Waals surface area contributed by atoms with Crippen molar-refractivity contribution in [3.8, 4) is 0 Å². The van der Waals surface area contributed by atoms with Crippen LogP contribution in [0, 0.1) is 5.92 Å². The van der Waals surface area contributed by atoms with Crippen molar-refractivity contribution in [2.75, 3.05) is 25.5 Å². The summed E-state index contributed by atoms with van der Waals surface area (Å²) in [4.78, 5) is 31.2. The van der Waals surface area contributed by atoms with E-state index in [4.69, 9.17) is 25.7 Å². The number of anilines is 1. The number of halogens is 1. The minimum atomic E-state index is -0.475. The van der Waals surface area contributed by atoms with E-state index in [1.165, 1.54) is 7.11 Å². The molecule has 0 radical (unpaired) electrons. The van der Waals surface area contributed by atoms with Crippen LogP contribution in [0.5, 0.6) is 0 Å². The monoisotopic (exact) mass is 446 g/mol. The molecule has 1 aliphatic carbocycles. The van der Waals surface area contributed by atoms with Gasteiger partial charge in [-0.2, -0.15) is 0 Å². The first kappa shape index (κ1) is 20.6. The van der Waals surface area contributed by atoms with Gasteiger partial charge in [0.1, 0.15) is 5.52 Å². The van der Waals surface area contributed by atoms with E-state index in [0.29, 0.717) is 40.8 Å². The number of fused-ring (bicyclic) bond motifs is 4. The van der Waals surface area contributed by atoms with Gasteiger partial charge in [0.25, 0.3) is 0 Å². The minimum absolute atomic E-state index is 0.116. The van der Waals surface area contributed by atoms with E-state index in [2.05, 4.69) is 15.5 Å². The van der Waals surface area contributed by atoms with Crippen LogP contribution in [0.1, 0.15) is 56.4 Å². The Morgan fingerprint density at radius 1 is 1.35 bits per heavy atom. The van der Waals surface area contributed by atoms with Crippen LogP contribution < -0.4 is 10.6 Å². The third-order valence-electron chi connectivity index (χ3n) is 6.85. The standard InChI is InChI=1S/C22H27ClN4O4/c1-30-20(28)13-6-5-9-27(11-13)12-16-24-15-10-14(23)18-17(19(15)31-16)22(26-21(29)25-18)7-3-2-4-8-22/h10,13H,2-9,11-12H2,1H3,(H2,25,26,29). The molecule has 1 aromatic heterocycles. The first-order valence-electron chi connectivity index (χ1n) is 11.0. The van der Waals surface area contributed by atoms with Gasteiger partial charge in [0.2, 0.25) is 5.89 Å². The van der Waals surface area contributed by atoms with Crippen LogP contribution in [0.15, 0.2) is 10.5 Å². The highest BCUT2D eigenvalue weighted by atomic mass is 35.5. The van der Waals surface area contributed by atoms with Gasteiger partial charge in [-0.1, -0.05) is 30.9 Å². The molecule has 0 bridgehead atoms. The lowest BCUT2D eigenvalue weighted by Gasteiger charge is -2.42. The number of urea groups is 1. The molecule has 1 aromatic carbocycles. The maximum atomic E-state index is 12.4. The van der Waals surface area contributed by atoms with Gasteiger partial charge in [-0.15, -0.1) is 0 Å². The molecule has 3 aliphatic rings. The highest BCUT2D eigenvalue weighted by Crippen LogP contribution is 2.48. The lowest BCUT2D eigenvalue weighted by atomic mass is 9.74. The summed E-state index contributed by atoms with van der Waals surface area (Å²) in [6, 6.07) is 1.54. The normalized spacial score (nSPS) is 23.3. The zero-order valence-corrected chi connectivity index (χ0v) is 18.4. The zero-order valence-electron chi connectivity index (χ0n) is 17.6. The summed E-state index contributed by atoms with van der Waals surface area (Å²) in [5, 5.41) is 6.52. The Hall–Kier alpha value is -2.32. The number of hydrogen-bond donors (Lipinski definition) is 2. The first-order valence-corrected chi connectivity index (χ1v) is 11.4. The van der Waals surface area contributed by atoms with E-state index in [9.17, 15) is 9.59 Å². The van der Waals surface area contributed by atoms with Gasteiger partial charge in [-0.25, -0.2) is 9.78 Å². The highest BCUT2D eigenvalue weighted by Gasteiger charge is 2.44. The summed E-state index contributed by atoms with van der Waals surface area (Å²) < 4.78 is 11.2. The second-order valence-electron chi connectivity index (χ2n) is 8.88. The number of benzene rings is 1. The molecule has 2 N–H and O–H groups in total. The summed E-state index contributed by atoms with van der Waals surface area (Å²) in [5.41, 5.74) is 2.45. The van der Waals surface area contributed by atoms with Crippen molar-refractivity contribution < 1.29 is 18.7 Å². The molecule has 3 heterocycles. The van der Waals surface area contributed by atoms with Crippen molar-refractivity contribution >= 4 is 40.4 Å². The average Bonchev–Trinajstić information content (AvgIpc) is 3.15. The second-order valence-corrected chi connectivity index (χ2v) is 9.29. The Kier molecular flexibility index (Phi) is 5.30. The summed E-state index contributed by atoms with van der Waals surface area (Å²) in [5.74, 6) is 0.312. The number of amides is 2. The number of oxazole rings is 1. The Labute approximate surface area is 185 Å². The number of likely N-dealkylation sites (tertiary alicyclic amines) is 1. The summed E-state index contributed by atoms with van der Waals surface area (Å²) >= 11 is 6.57. The number of hydrogen-bond acceptors (Lipinski definition) is 6. The maximum Gasteiger partial charge on any atom is 0.319 e. The lowest BCUT2D eigenvalue weighted by Crippen LogP contribution is -2.52. The molecule has 31 heavy (non-hydrogen) atoms. The van der Waals surface area contributed by atoms with E-state index in [1.54, 1.807) is 6.07 Å². The second kappa shape index (κ2) is 7.98.